The minimum absolute atomic E-state index is 0.136. The van der Waals surface area contributed by atoms with E-state index >= 15 is 0 Å². The van der Waals surface area contributed by atoms with E-state index in [1.807, 2.05) is 0 Å². The maximum atomic E-state index is 12.4. The number of hydrogen-bond donors (Lipinski definition) is 2. The fourth-order valence-corrected chi connectivity index (χ4v) is 3.02. The Hall–Kier alpha value is -2.74. The molecule has 0 fully saturated rings. The minimum Gasteiger partial charge on any atom is -0.467 e. The predicted octanol–water partition coefficient (Wildman–Crippen LogP) is 2.37. The molecule has 7 nitrogen and oxygen atoms in total. The van der Waals surface area contributed by atoms with E-state index in [4.69, 9.17) is 9.15 Å². The largest absolute Gasteiger partial charge is 0.467 e. The molecule has 0 saturated carbocycles. The van der Waals surface area contributed by atoms with E-state index < -0.39 is 12.1 Å². The molecule has 0 aliphatic rings. The highest BCUT2D eigenvalue weighted by Crippen LogP contribution is 2.23. The first kappa shape index (κ1) is 20.6. The molecule has 1 aromatic carbocycles. The van der Waals surface area contributed by atoms with Gasteiger partial charge in [0.15, 0.2) is 6.10 Å². The van der Waals surface area contributed by atoms with Crippen LogP contribution >= 0.6 is 11.8 Å². The van der Waals surface area contributed by atoms with Crippen molar-refractivity contribution < 1.29 is 23.5 Å². The molecule has 27 heavy (non-hydrogen) atoms. The van der Waals surface area contributed by atoms with Crippen LogP contribution in [-0.2, 0) is 20.9 Å². The van der Waals surface area contributed by atoms with Gasteiger partial charge in [-0.25, -0.2) is 4.79 Å². The third kappa shape index (κ3) is 6.49. The maximum absolute atomic E-state index is 12.4. The van der Waals surface area contributed by atoms with Gasteiger partial charge in [-0.15, -0.1) is 11.8 Å². The van der Waals surface area contributed by atoms with Crippen molar-refractivity contribution in [2.45, 2.75) is 31.4 Å². The highest BCUT2D eigenvalue weighted by atomic mass is 32.2. The van der Waals surface area contributed by atoms with Crippen molar-refractivity contribution in [3.63, 3.8) is 0 Å². The van der Waals surface area contributed by atoms with E-state index in [1.54, 1.807) is 49.6 Å². The first-order chi connectivity index (χ1) is 13.0. The smallest absolute Gasteiger partial charge is 0.340 e. The lowest BCUT2D eigenvalue weighted by atomic mass is 10.2. The van der Waals surface area contributed by atoms with E-state index in [2.05, 4.69) is 10.6 Å². The first-order valence-electron chi connectivity index (χ1n) is 8.50. The van der Waals surface area contributed by atoms with Gasteiger partial charge in [0.05, 0.1) is 24.1 Å². The van der Waals surface area contributed by atoms with Crippen molar-refractivity contribution in [1.82, 2.24) is 10.6 Å². The third-order valence-corrected chi connectivity index (χ3v) is 4.58. The van der Waals surface area contributed by atoms with E-state index in [9.17, 15) is 14.4 Å². The number of thioether (sulfide) groups is 1. The minimum atomic E-state index is -0.896. The molecule has 0 radical (unpaired) electrons. The zero-order valence-corrected chi connectivity index (χ0v) is 16.0. The van der Waals surface area contributed by atoms with Gasteiger partial charge >= 0.3 is 5.97 Å². The number of carbonyl (C=O) groups is 3. The summed E-state index contributed by atoms with van der Waals surface area (Å²) in [6.45, 7) is 4.07. The number of likely N-dealkylation sites (N-methyl/N-ethyl adjacent to an activating group) is 1. The number of esters is 1. The standard InChI is InChI=1S/C19H22N2O5S/c1-3-20-18(23)13(2)26-19(24)15-8-4-5-9-16(15)27-12-17(22)21-11-14-7-6-10-25-14/h4-10,13H,3,11-12H2,1-2H3,(H,20,23)(H,21,22)/t13-/m0/s1. The van der Waals surface area contributed by atoms with Crippen LogP contribution in [0.3, 0.4) is 0 Å². The molecule has 1 heterocycles. The lowest BCUT2D eigenvalue weighted by Crippen LogP contribution is -2.35. The average molecular weight is 390 g/mol. The summed E-state index contributed by atoms with van der Waals surface area (Å²) >= 11 is 1.22. The molecule has 144 valence electrons. The molecule has 0 spiro atoms. The fourth-order valence-electron chi connectivity index (χ4n) is 2.15. The van der Waals surface area contributed by atoms with E-state index in [0.717, 1.165) is 0 Å². The average Bonchev–Trinajstić information content (AvgIpc) is 3.18. The number of rotatable bonds is 9. The van der Waals surface area contributed by atoms with Gasteiger partial charge in [0.25, 0.3) is 5.91 Å². The Morgan fingerprint density at radius 3 is 2.63 bits per heavy atom. The number of carbonyl (C=O) groups excluding carboxylic acids is 3. The molecule has 0 aliphatic carbocycles. The van der Waals surface area contributed by atoms with Crippen LogP contribution in [0, 0.1) is 0 Å². The molecule has 2 aromatic rings. The zero-order chi connectivity index (χ0) is 19.6. The first-order valence-corrected chi connectivity index (χ1v) is 9.49. The van der Waals surface area contributed by atoms with Crippen molar-refractivity contribution in [3.8, 4) is 0 Å². The van der Waals surface area contributed by atoms with Gasteiger partial charge < -0.3 is 19.8 Å². The Morgan fingerprint density at radius 1 is 1.15 bits per heavy atom. The molecule has 2 amide bonds. The Bertz CT molecular complexity index is 776. The number of furan rings is 1. The van der Waals surface area contributed by atoms with Gasteiger partial charge in [-0.2, -0.15) is 0 Å². The summed E-state index contributed by atoms with van der Waals surface area (Å²) in [6.07, 6.45) is 0.645. The Kier molecular flexibility index (Phi) is 7.94. The number of benzene rings is 1. The van der Waals surface area contributed by atoms with Gasteiger partial charge in [-0.1, -0.05) is 12.1 Å². The van der Waals surface area contributed by atoms with E-state index in [1.165, 1.54) is 18.7 Å². The normalized spacial score (nSPS) is 11.5. The molecule has 0 saturated heterocycles. The van der Waals surface area contributed by atoms with Gasteiger partial charge in [0.2, 0.25) is 5.91 Å². The van der Waals surface area contributed by atoms with Crippen molar-refractivity contribution >= 4 is 29.5 Å². The van der Waals surface area contributed by atoms with E-state index in [0.29, 0.717) is 29.3 Å². The van der Waals surface area contributed by atoms with Crippen LogP contribution in [-0.4, -0.2) is 36.2 Å². The molecule has 0 unspecified atom stereocenters. The summed E-state index contributed by atoms with van der Waals surface area (Å²) < 4.78 is 10.4. The topological polar surface area (TPSA) is 97.6 Å². The summed E-state index contributed by atoms with van der Waals surface area (Å²) in [5.74, 6) is -0.343. The summed E-state index contributed by atoms with van der Waals surface area (Å²) in [5.41, 5.74) is 0.317. The molecule has 2 N–H and O–H groups in total. The summed E-state index contributed by atoms with van der Waals surface area (Å²) in [6, 6.07) is 10.3. The molecule has 1 aromatic heterocycles. The van der Waals surface area contributed by atoms with E-state index in [-0.39, 0.29) is 17.6 Å². The number of ether oxygens (including phenoxy) is 1. The second-order valence-corrected chi connectivity index (χ2v) is 6.60. The summed E-state index contributed by atoms with van der Waals surface area (Å²) in [7, 11) is 0. The van der Waals surface area contributed by atoms with Crippen molar-refractivity contribution in [1.29, 1.82) is 0 Å². The number of amides is 2. The highest BCUT2D eigenvalue weighted by molar-refractivity contribution is 8.00. The van der Waals surface area contributed by atoms with Crippen molar-refractivity contribution in [3.05, 3.63) is 54.0 Å². The Balaban J connectivity index is 1.91. The second-order valence-electron chi connectivity index (χ2n) is 5.58. The SMILES string of the molecule is CCNC(=O)[C@H](C)OC(=O)c1ccccc1SCC(=O)NCc1ccco1. The van der Waals surface area contributed by atoms with Crippen molar-refractivity contribution in [2.75, 3.05) is 12.3 Å². The van der Waals surface area contributed by atoms with Gasteiger partial charge in [-0.3, -0.25) is 9.59 Å². The predicted molar refractivity (Wildman–Crippen MR) is 101 cm³/mol. The molecule has 8 heteroatoms. The summed E-state index contributed by atoms with van der Waals surface area (Å²) in [5, 5.41) is 5.34. The molecule has 2 rings (SSSR count). The maximum Gasteiger partial charge on any atom is 0.340 e. The van der Waals surface area contributed by atoms with Crippen LogP contribution in [0.15, 0.2) is 52.0 Å². The van der Waals surface area contributed by atoms with Crippen molar-refractivity contribution in [2.24, 2.45) is 0 Å². The van der Waals surface area contributed by atoms with Crippen LogP contribution in [0.1, 0.15) is 30.0 Å². The quantitative estimate of drug-likeness (QED) is 0.504. The number of nitrogens with one attached hydrogen (secondary N) is 2. The third-order valence-electron chi connectivity index (χ3n) is 3.51. The molecule has 0 aliphatic heterocycles. The summed E-state index contributed by atoms with van der Waals surface area (Å²) in [4.78, 5) is 36.7. The Labute approximate surface area is 161 Å². The van der Waals surface area contributed by atoms with Crippen LogP contribution in [0.4, 0.5) is 0 Å². The monoisotopic (exact) mass is 390 g/mol. The molecule has 0 bridgehead atoms. The molecular weight excluding hydrogens is 368 g/mol. The fraction of sp³-hybridized carbons (Fsp3) is 0.316. The van der Waals surface area contributed by atoms with Crippen LogP contribution in [0.2, 0.25) is 0 Å². The second kappa shape index (κ2) is 10.4. The highest BCUT2D eigenvalue weighted by Gasteiger charge is 2.20. The molecule has 1 atom stereocenters. The Morgan fingerprint density at radius 2 is 1.93 bits per heavy atom. The zero-order valence-electron chi connectivity index (χ0n) is 15.2. The van der Waals surface area contributed by atoms with Crippen LogP contribution in [0.25, 0.3) is 0 Å². The van der Waals surface area contributed by atoms with Gasteiger partial charge in [0.1, 0.15) is 5.76 Å². The van der Waals surface area contributed by atoms with Gasteiger partial charge in [-0.05, 0) is 38.1 Å². The van der Waals surface area contributed by atoms with Crippen LogP contribution in [0.5, 0.6) is 0 Å². The van der Waals surface area contributed by atoms with Crippen LogP contribution < -0.4 is 10.6 Å². The lowest BCUT2D eigenvalue weighted by Gasteiger charge is -2.14. The number of hydrogen-bond acceptors (Lipinski definition) is 6. The molecular formula is C19H22N2O5S. The van der Waals surface area contributed by atoms with Gasteiger partial charge in [0, 0.05) is 11.4 Å². The lowest BCUT2D eigenvalue weighted by molar-refractivity contribution is -0.129.